The van der Waals surface area contributed by atoms with Crippen molar-refractivity contribution >= 4 is 0 Å². The van der Waals surface area contributed by atoms with Crippen LogP contribution in [0.4, 0.5) is 0 Å². The Bertz CT molecular complexity index is 458. The summed E-state index contributed by atoms with van der Waals surface area (Å²) in [6, 6.07) is 6.35. The topological polar surface area (TPSA) is 45.0 Å². The second kappa shape index (κ2) is 5.88. The standard InChI is InChI=1S/C15H22N2O/c1-11-12(2)14(18-5)7-6-13(11)8-9-17-15(3,4)10-16/h6-7,17H,8-9H2,1-5H3. The number of hydrogen-bond acceptors (Lipinski definition) is 3. The van der Waals surface area contributed by atoms with E-state index in [9.17, 15) is 0 Å². The van der Waals surface area contributed by atoms with E-state index in [1.54, 1.807) is 7.11 Å². The summed E-state index contributed by atoms with van der Waals surface area (Å²) in [5.41, 5.74) is 3.30. The lowest BCUT2D eigenvalue weighted by atomic mass is 9.99. The second-order valence-electron chi connectivity index (χ2n) is 5.09. The fourth-order valence-electron chi connectivity index (χ4n) is 1.89. The number of benzene rings is 1. The van der Waals surface area contributed by atoms with Gasteiger partial charge in [0.2, 0.25) is 0 Å². The van der Waals surface area contributed by atoms with Crippen molar-refractivity contribution in [2.24, 2.45) is 0 Å². The van der Waals surface area contributed by atoms with Crippen LogP contribution < -0.4 is 10.1 Å². The van der Waals surface area contributed by atoms with Crippen LogP contribution in [0.1, 0.15) is 30.5 Å². The highest BCUT2D eigenvalue weighted by atomic mass is 16.5. The Morgan fingerprint density at radius 2 is 1.94 bits per heavy atom. The van der Waals surface area contributed by atoms with Crippen LogP contribution in [0.5, 0.6) is 5.75 Å². The molecule has 0 heterocycles. The van der Waals surface area contributed by atoms with E-state index in [4.69, 9.17) is 10.00 Å². The summed E-state index contributed by atoms with van der Waals surface area (Å²) >= 11 is 0. The van der Waals surface area contributed by atoms with Gasteiger partial charge in [0, 0.05) is 6.54 Å². The predicted molar refractivity (Wildman–Crippen MR) is 73.9 cm³/mol. The molecule has 0 spiro atoms. The highest BCUT2D eigenvalue weighted by Gasteiger charge is 2.15. The molecule has 0 aliphatic carbocycles. The molecule has 3 nitrogen and oxygen atoms in total. The maximum Gasteiger partial charge on any atom is 0.122 e. The molecule has 3 heteroatoms. The van der Waals surface area contributed by atoms with Crippen LogP contribution >= 0.6 is 0 Å². The zero-order valence-electron chi connectivity index (χ0n) is 11.9. The first-order valence-corrected chi connectivity index (χ1v) is 6.20. The average molecular weight is 246 g/mol. The van der Waals surface area contributed by atoms with Gasteiger partial charge in [0.05, 0.1) is 13.2 Å². The molecule has 1 N–H and O–H groups in total. The molecule has 0 saturated carbocycles. The summed E-state index contributed by atoms with van der Waals surface area (Å²) in [5, 5.41) is 12.2. The normalized spacial score (nSPS) is 11.1. The van der Waals surface area contributed by atoms with Crippen molar-refractivity contribution in [1.29, 1.82) is 5.26 Å². The second-order valence-corrected chi connectivity index (χ2v) is 5.09. The van der Waals surface area contributed by atoms with Gasteiger partial charge >= 0.3 is 0 Å². The van der Waals surface area contributed by atoms with Crippen LogP contribution in [-0.4, -0.2) is 19.2 Å². The van der Waals surface area contributed by atoms with Crippen molar-refractivity contribution < 1.29 is 4.74 Å². The molecule has 0 amide bonds. The number of ether oxygens (including phenoxy) is 1. The Morgan fingerprint density at radius 3 is 2.50 bits per heavy atom. The van der Waals surface area contributed by atoms with Crippen LogP contribution in [0.3, 0.4) is 0 Å². The number of hydrogen-bond donors (Lipinski definition) is 1. The predicted octanol–water partition coefficient (Wildman–Crippen LogP) is 2.75. The molecule has 0 aliphatic heterocycles. The van der Waals surface area contributed by atoms with Crippen LogP contribution in [0, 0.1) is 25.2 Å². The number of rotatable bonds is 5. The summed E-state index contributed by atoms with van der Waals surface area (Å²) in [6.45, 7) is 8.76. The summed E-state index contributed by atoms with van der Waals surface area (Å²) in [6.07, 6.45) is 0.918. The van der Waals surface area contributed by atoms with E-state index in [0.29, 0.717) is 0 Å². The highest BCUT2D eigenvalue weighted by Crippen LogP contribution is 2.24. The molecule has 0 bridgehead atoms. The van der Waals surface area contributed by atoms with E-state index in [0.717, 1.165) is 18.7 Å². The molecule has 0 saturated heterocycles. The van der Waals surface area contributed by atoms with Gasteiger partial charge in [-0.3, -0.25) is 5.32 Å². The van der Waals surface area contributed by atoms with E-state index in [-0.39, 0.29) is 0 Å². The maximum absolute atomic E-state index is 8.93. The molecular weight excluding hydrogens is 224 g/mol. The molecule has 0 radical (unpaired) electrons. The Morgan fingerprint density at radius 1 is 1.28 bits per heavy atom. The Labute approximate surface area is 110 Å². The Hall–Kier alpha value is -1.53. The molecule has 1 aromatic carbocycles. The van der Waals surface area contributed by atoms with Crippen LogP contribution in [-0.2, 0) is 6.42 Å². The smallest absolute Gasteiger partial charge is 0.122 e. The van der Waals surface area contributed by atoms with E-state index in [1.807, 2.05) is 19.9 Å². The third kappa shape index (κ3) is 3.48. The van der Waals surface area contributed by atoms with Crippen LogP contribution in [0.15, 0.2) is 12.1 Å². The maximum atomic E-state index is 8.93. The molecule has 98 valence electrons. The molecule has 0 aliphatic rings. The summed E-state index contributed by atoms with van der Waals surface area (Å²) in [7, 11) is 1.69. The van der Waals surface area contributed by atoms with Crippen molar-refractivity contribution in [3.8, 4) is 11.8 Å². The molecule has 0 atom stereocenters. The van der Waals surface area contributed by atoms with Gasteiger partial charge in [-0.1, -0.05) is 6.07 Å². The van der Waals surface area contributed by atoms with Gasteiger partial charge in [-0.15, -0.1) is 0 Å². The van der Waals surface area contributed by atoms with Crippen molar-refractivity contribution in [2.45, 2.75) is 39.7 Å². The zero-order chi connectivity index (χ0) is 13.8. The molecular formula is C15H22N2O. The quantitative estimate of drug-likeness (QED) is 0.869. The van der Waals surface area contributed by atoms with E-state index in [1.165, 1.54) is 16.7 Å². The van der Waals surface area contributed by atoms with Gasteiger partial charge in [-0.05, 0) is 56.9 Å². The summed E-state index contributed by atoms with van der Waals surface area (Å²) in [4.78, 5) is 0. The van der Waals surface area contributed by atoms with Crippen LogP contribution in [0.2, 0.25) is 0 Å². The molecule has 1 rings (SSSR count). The molecule has 1 aromatic rings. The Kier molecular flexibility index (Phi) is 4.75. The van der Waals surface area contributed by atoms with Gasteiger partial charge in [-0.2, -0.15) is 5.26 Å². The van der Waals surface area contributed by atoms with E-state index in [2.05, 4.69) is 31.3 Å². The minimum atomic E-state index is -0.463. The first-order chi connectivity index (χ1) is 8.41. The molecule has 0 unspecified atom stereocenters. The monoisotopic (exact) mass is 246 g/mol. The molecule has 0 aromatic heterocycles. The lowest BCUT2D eigenvalue weighted by Crippen LogP contribution is -2.38. The average Bonchev–Trinajstić information content (AvgIpc) is 2.35. The molecule has 0 fully saturated rings. The number of methoxy groups -OCH3 is 1. The van der Waals surface area contributed by atoms with Crippen molar-refractivity contribution in [2.75, 3.05) is 13.7 Å². The fourth-order valence-corrected chi connectivity index (χ4v) is 1.89. The van der Waals surface area contributed by atoms with Gasteiger partial charge < -0.3 is 4.74 Å². The van der Waals surface area contributed by atoms with Crippen molar-refractivity contribution in [1.82, 2.24) is 5.32 Å². The number of nitriles is 1. The fraction of sp³-hybridized carbons (Fsp3) is 0.533. The summed E-state index contributed by atoms with van der Waals surface area (Å²) < 4.78 is 5.30. The third-order valence-electron chi connectivity index (χ3n) is 3.31. The lowest BCUT2D eigenvalue weighted by molar-refractivity contribution is 0.411. The SMILES string of the molecule is COc1ccc(CCNC(C)(C)C#N)c(C)c1C. The molecule has 18 heavy (non-hydrogen) atoms. The van der Waals surface area contributed by atoms with E-state index < -0.39 is 5.54 Å². The number of nitrogens with zero attached hydrogens (tertiary/aromatic N) is 1. The van der Waals surface area contributed by atoms with Gasteiger partial charge in [0.15, 0.2) is 0 Å². The first kappa shape index (κ1) is 14.5. The van der Waals surface area contributed by atoms with Gasteiger partial charge in [-0.25, -0.2) is 0 Å². The lowest BCUT2D eigenvalue weighted by Gasteiger charge is -2.18. The van der Waals surface area contributed by atoms with Gasteiger partial charge in [0.1, 0.15) is 11.3 Å². The summed E-state index contributed by atoms with van der Waals surface area (Å²) in [5.74, 6) is 0.932. The number of nitrogens with one attached hydrogen (secondary N) is 1. The van der Waals surface area contributed by atoms with Crippen LogP contribution in [0.25, 0.3) is 0 Å². The minimum Gasteiger partial charge on any atom is -0.496 e. The third-order valence-corrected chi connectivity index (χ3v) is 3.31. The zero-order valence-corrected chi connectivity index (χ0v) is 11.9. The van der Waals surface area contributed by atoms with E-state index >= 15 is 0 Å². The van der Waals surface area contributed by atoms with Gasteiger partial charge in [0.25, 0.3) is 0 Å². The largest absolute Gasteiger partial charge is 0.496 e. The highest BCUT2D eigenvalue weighted by molar-refractivity contribution is 5.43. The van der Waals surface area contributed by atoms with Crippen molar-refractivity contribution in [3.63, 3.8) is 0 Å². The minimum absolute atomic E-state index is 0.463. The first-order valence-electron chi connectivity index (χ1n) is 6.20. The van der Waals surface area contributed by atoms with Crippen molar-refractivity contribution in [3.05, 3.63) is 28.8 Å². The Balaban J connectivity index is 2.70.